The molecule has 0 saturated carbocycles. The number of imidazole rings is 1. The first-order valence-corrected chi connectivity index (χ1v) is 8.52. The smallest absolute Gasteiger partial charge is 0.243 e. The molecule has 6 heteroatoms. The Balaban J connectivity index is 1.62. The van der Waals surface area contributed by atoms with Crippen molar-refractivity contribution >= 4 is 28.5 Å². The molecule has 3 aromatic rings. The summed E-state index contributed by atoms with van der Waals surface area (Å²) in [5, 5.41) is 5.56. The number of nitrogens with one attached hydrogen (secondary N) is 2. The van der Waals surface area contributed by atoms with Crippen molar-refractivity contribution in [1.82, 2.24) is 14.9 Å². The van der Waals surface area contributed by atoms with E-state index in [-0.39, 0.29) is 18.4 Å². The predicted octanol–water partition coefficient (Wildman–Crippen LogP) is 2.97. The van der Waals surface area contributed by atoms with Gasteiger partial charge in [-0.2, -0.15) is 0 Å². The molecular formula is C20H22N4O2. The highest BCUT2D eigenvalue weighted by Crippen LogP contribution is 2.19. The lowest BCUT2D eigenvalue weighted by Gasteiger charge is -2.15. The molecule has 1 aromatic heterocycles. The third kappa shape index (κ3) is 3.59. The Morgan fingerprint density at radius 1 is 1.08 bits per heavy atom. The Kier molecular flexibility index (Phi) is 5.02. The number of carbonyl (C=O) groups excluding carboxylic acids is 2. The quantitative estimate of drug-likeness (QED) is 0.743. The molecule has 0 aliphatic heterocycles. The van der Waals surface area contributed by atoms with Crippen LogP contribution in [0.1, 0.15) is 24.1 Å². The van der Waals surface area contributed by atoms with Crippen molar-refractivity contribution in [2.24, 2.45) is 0 Å². The molecule has 0 bridgehead atoms. The van der Waals surface area contributed by atoms with Gasteiger partial charge in [0.2, 0.25) is 11.8 Å². The number of benzene rings is 2. The lowest BCUT2D eigenvalue weighted by molar-refractivity contribution is -0.126. The summed E-state index contributed by atoms with van der Waals surface area (Å²) in [6.07, 6.45) is 1.64. The van der Waals surface area contributed by atoms with Crippen LogP contribution in [0, 0.1) is 13.8 Å². The Morgan fingerprint density at radius 3 is 2.50 bits per heavy atom. The number of carbonyl (C=O) groups is 2. The van der Waals surface area contributed by atoms with Crippen LogP contribution in [-0.2, 0) is 9.59 Å². The van der Waals surface area contributed by atoms with E-state index in [2.05, 4.69) is 15.6 Å². The molecule has 0 radical (unpaired) electrons. The topological polar surface area (TPSA) is 76.0 Å². The SMILES string of the molecule is Cc1cccc(C)c1NC(=O)CNC(=O)C(C)n1cnc2ccccc21. The summed E-state index contributed by atoms with van der Waals surface area (Å²) in [6.45, 7) is 5.58. The van der Waals surface area contributed by atoms with Gasteiger partial charge in [0.1, 0.15) is 6.04 Å². The van der Waals surface area contributed by atoms with E-state index in [1.54, 1.807) is 17.8 Å². The Labute approximate surface area is 152 Å². The van der Waals surface area contributed by atoms with E-state index in [9.17, 15) is 9.59 Å². The van der Waals surface area contributed by atoms with E-state index in [0.717, 1.165) is 27.8 Å². The van der Waals surface area contributed by atoms with Crippen LogP contribution in [0.15, 0.2) is 48.8 Å². The van der Waals surface area contributed by atoms with Crippen LogP contribution in [0.3, 0.4) is 0 Å². The fourth-order valence-electron chi connectivity index (χ4n) is 2.92. The zero-order valence-corrected chi connectivity index (χ0v) is 15.1. The molecule has 1 atom stereocenters. The van der Waals surface area contributed by atoms with Gasteiger partial charge in [0.05, 0.1) is 23.9 Å². The molecular weight excluding hydrogens is 328 g/mol. The second-order valence-corrected chi connectivity index (χ2v) is 6.35. The van der Waals surface area contributed by atoms with Crippen LogP contribution in [0.4, 0.5) is 5.69 Å². The van der Waals surface area contributed by atoms with Gasteiger partial charge < -0.3 is 15.2 Å². The Bertz CT molecular complexity index is 941. The van der Waals surface area contributed by atoms with Gasteiger partial charge in [-0.3, -0.25) is 9.59 Å². The lowest BCUT2D eigenvalue weighted by atomic mass is 10.1. The summed E-state index contributed by atoms with van der Waals surface area (Å²) in [5.74, 6) is -0.483. The highest BCUT2D eigenvalue weighted by molar-refractivity contribution is 5.96. The van der Waals surface area contributed by atoms with Gasteiger partial charge in [-0.05, 0) is 44.0 Å². The summed E-state index contributed by atoms with van der Waals surface area (Å²) in [6, 6.07) is 13.0. The third-order valence-corrected chi connectivity index (χ3v) is 4.45. The second-order valence-electron chi connectivity index (χ2n) is 6.35. The maximum absolute atomic E-state index is 12.4. The average Bonchev–Trinajstić information content (AvgIpc) is 3.06. The first-order chi connectivity index (χ1) is 12.5. The number of aromatic nitrogens is 2. The van der Waals surface area contributed by atoms with E-state index in [1.807, 2.05) is 56.3 Å². The van der Waals surface area contributed by atoms with E-state index < -0.39 is 6.04 Å². The number of anilines is 1. The average molecular weight is 350 g/mol. The summed E-state index contributed by atoms with van der Waals surface area (Å²) < 4.78 is 1.80. The molecule has 1 heterocycles. The van der Waals surface area contributed by atoms with Crippen molar-refractivity contribution in [2.75, 3.05) is 11.9 Å². The van der Waals surface area contributed by atoms with Crippen molar-refractivity contribution < 1.29 is 9.59 Å². The summed E-state index contributed by atoms with van der Waals surface area (Å²) in [4.78, 5) is 28.9. The van der Waals surface area contributed by atoms with Gasteiger partial charge >= 0.3 is 0 Å². The number of amides is 2. The highest BCUT2D eigenvalue weighted by Gasteiger charge is 2.18. The Hall–Kier alpha value is -3.15. The van der Waals surface area contributed by atoms with Crippen molar-refractivity contribution in [3.63, 3.8) is 0 Å². The van der Waals surface area contributed by atoms with E-state index in [0.29, 0.717) is 0 Å². The number of para-hydroxylation sites is 3. The monoisotopic (exact) mass is 350 g/mol. The molecule has 0 aliphatic rings. The molecule has 1 unspecified atom stereocenters. The van der Waals surface area contributed by atoms with Gasteiger partial charge in [0.25, 0.3) is 0 Å². The van der Waals surface area contributed by atoms with Crippen LogP contribution in [0.5, 0.6) is 0 Å². The van der Waals surface area contributed by atoms with Crippen molar-refractivity contribution in [1.29, 1.82) is 0 Å². The molecule has 3 rings (SSSR count). The molecule has 6 nitrogen and oxygen atoms in total. The number of nitrogens with zero attached hydrogens (tertiary/aromatic N) is 2. The molecule has 26 heavy (non-hydrogen) atoms. The first kappa shape index (κ1) is 17.7. The van der Waals surface area contributed by atoms with Crippen LogP contribution in [-0.4, -0.2) is 27.9 Å². The fourth-order valence-corrected chi connectivity index (χ4v) is 2.92. The number of rotatable bonds is 5. The normalized spacial score (nSPS) is 12.0. The second kappa shape index (κ2) is 7.39. The zero-order valence-electron chi connectivity index (χ0n) is 15.1. The van der Waals surface area contributed by atoms with E-state index >= 15 is 0 Å². The number of hydrogen-bond donors (Lipinski definition) is 2. The van der Waals surface area contributed by atoms with E-state index in [4.69, 9.17) is 0 Å². The molecule has 2 N–H and O–H groups in total. The standard InChI is InChI=1S/C20H22N4O2/c1-13-7-6-8-14(2)19(13)23-18(25)11-21-20(26)15(3)24-12-22-16-9-4-5-10-17(16)24/h4-10,12,15H,11H2,1-3H3,(H,21,26)(H,23,25). The van der Waals surface area contributed by atoms with Crippen molar-refractivity contribution in [3.8, 4) is 0 Å². The zero-order chi connectivity index (χ0) is 18.7. The van der Waals surface area contributed by atoms with Crippen LogP contribution in [0.2, 0.25) is 0 Å². The summed E-state index contributed by atoms with van der Waals surface area (Å²) >= 11 is 0. The number of fused-ring (bicyclic) bond motifs is 1. The molecule has 0 aliphatic carbocycles. The lowest BCUT2D eigenvalue weighted by Crippen LogP contribution is -2.37. The number of hydrogen-bond acceptors (Lipinski definition) is 3. The van der Waals surface area contributed by atoms with Gasteiger partial charge in [-0.15, -0.1) is 0 Å². The molecule has 134 valence electrons. The molecule has 0 fully saturated rings. The van der Waals surface area contributed by atoms with Gasteiger partial charge in [-0.1, -0.05) is 30.3 Å². The summed E-state index contributed by atoms with van der Waals surface area (Å²) in [7, 11) is 0. The molecule has 2 amide bonds. The largest absolute Gasteiger partial charge is 0.345 e. The van der Waals surface area contributed by atoms with Crippen LogP contribution in [0.25, 0.3) is 11.0 Å². The number of aryl methyl sites for hydroxylation is 2. The maximum atomic E-state index is 12.4. The van der Waals surface area contributed by atoms with Gasteiger partial charge in [-0.25, -0.2) is 4.98 Å². The van der Waals surface area contributed by atoms with E-state index in [1.165, 1.54) is 0 Å². The molecule has 2 aromatic carbocycles. The predicted molar refractivity (Wildman–Crippen MR) is 102 cm³/mol. The Morgan fingerprint density at radius 2 is 1.77 bits per heavy atom. The van der Waals surface area contributed by atoms with Gasteiger partial charge in [0, 0.05) is 5.69 Å². The fraction of sp³-hybridized carbons (Fsp3) is 0.250. The first-order valence-electron chi connectivity index (χ1n) is 8.52. The third-order valence-electron chi connectivity index (χ3n) is 4.45. The maximum Gasteiger partial charge on any atom is 0.243 e. The van der Waals surface area contributed by atoms with Gasteiger partial charge in [0.15, 0.2) is 0 Å². The van der Waals surface area contributed by atoms with Crippen LogP contribution >= 0.6 is 0 Å². The van der Waals surface area contributed by atoms with Crippen LogP contribution < -0.4 is 10.6 Å². The van der Waals surface area contributed by atoms with Crippen molar-refractivity contribution in [2.45, 2.75) is 26.8 Å². The molecule has 0 spiro atoms. The molecule has 0 saturated heterocycles. The minimum Gasteiger partial charge on any atom is -0.345 e. The minimum absolute atomic E-state index is 0.0798. The highest BCUT2D eigenvalue weighted by atomic mass is 16.2. The summed E-state index contributed by atoms with van der Waals surface area (Å²) in [5.41, 5.74) is 4.49. The van der Waals surface area contributed by atoms with Crippen molar-refractivity contribution in [3.05, 3.63) is 59.9 Å². The minimum atomic E-state index is -0.463.